The Bertz CT molecular complexity index is 642. The summed E-state index contributed by atoms with van der Waals surface area (Å²) in [6.45, 7) is 2.00. The van der Waals surface area contributed by atoms with E-state index in [2.05, 4.69) is 11.4 Å². The van der Waals surface area contributed by atoms with E-state index in [1.165, 1.54) is 0 Å². The van der Waals surface area contributed by atoms with Crippen molar-refractivity contribution < 1.29 is 4.68 Å². The average Bonchev–Trinajstić information content (AvgIpc) is 2.83. The maximum absolute atomic E-state index is 4.53. The predicted octanol–water partition coefficient (Wildman–Crippen LogP) is 2.26. The summed E-state index contributed by atoms with van der Waals surface area (Å²) >= 11 is 0. The van der Waals surface area contributed by atoms with E-state index in [0.717, 1.165) is 17.1 Å². The summed E-state index contributed by atoms with van der Waals surface area (Å²) in [7, 11) is 0. The van der Waals surface area contributed by atoms with Crippen LogP contribution in [0.1, 0.15) is 5.69 Å². The van der Waals surface area contributed by atoms with Gasteiger partial charge in [0.2, 0.25) is 0 Å². The Kier molecular flexibility index (Phi) is 2.65. The lowest BCUT2D eigenvalue weighted by Crippen LogP contribution is -2.33. The number of aromatic nitrogens is 3. The number of hydrogen-bond acceptors (Lipinski definition) is 1. The molecule has 2 aromatic carbocycles. The molecule has 0 aliphatic rings. The number of nitrogens with zero attached hydrogens (tertiary/aromatic N) is 3. The summed E-state index contributed by atoms with van der Waals surface area (Å²) in [6, 6.07) is 20.1. The van der Waals surface area contributed by atoms with Crippen LogP contribution in [0.15, 0.2) is 60.7 Å². The van der Waals surface area contributed by atoms with Crippen molar-refractivity contribution in [1.82, 2.24) is 9.90 Å². The van der Waals surface area contributed by atoms with Crippen LogP contribution in [0.3, 0.4) is 0 Å². The lowest BCUT2D eigenvalue weighted by molar-refractivity contribution is -0.665. The largest absolute Gasteiger partial charge is 0.263 e. The molecule has 0 radical (unpaired) electrons. The first kappa shape index (κ1) is 10.7. The second-order valence-corrected chi connectivity index (χ2v) is 4.08. The highest BCUT2D eigenvalue weighted by atomic mass is 15.5. The zero-order chi connectivity index (χ0) is 12.4. The van der Waals surface area contributed by atoms with Gasteiger partial charge in [-0.25, -0.2) is 0 Å². The summed E-state index contributed by atoms with van der Waals surface area (Å²) in [6.07, 6.45) is 3.23. The van der Waals surface area contributed by atoms with Crippen LogP contribution in [0.5, 0.6) is 0 Å². The molecule has 0 spiro atoms. The Morgan fingerprint density at radius 1 is 0.944 bits per heavy atom. The molecule has 0 saturated heterocycles. The minimum Gasteiger partial charge on any atom is -0.263 e. The SMILES string of the molecule is Cc1[c-][n+](-c2ccccc2)nn1-c1ccccc1. The highest BCUT2D eigenvalue weighted by molar-refractivity contribution is 5.31. The van der Waals surface area contributed by atoms with Crippen molar-refractivity contribution in [3.05, 3.63) is 72.6 Å². The lowest BCUT2D eigenvalue weighted by atomic mass is 10.3. The zero-order valence-electron chi connectivity index (χ0n) is 10.1. The number of hydrogen-bond donors (Lipinski definition) is 0. The van der Waals surface area contributed by atoms with Crippen LogP contribution >= 0.6 is 0 Å². The number of aryl methyl sites for hydroxylation is 1. The zero-order valence-corrected chi connectivity index (χ0v) is 10.1. The van der Waals surface area contributed by atoms with Crippen molar-refractivity contribution in [2.45, 2.75) is 6.92 Å². The molecule has 0 aliphatic heterocycles. The Labute approximate surface area is 106 Å². The van der Waals surface area contributed by atoms with E-state index in [0.29, 0.717) is 0 Å². The molecular formula is C15H13N3. The molecule has 0 unspecified atom stereocenters. The van der Waals surface area contributed by atoms with Gasteiger partial charge in [-0.05, 0) is 19.1 Å². The van der Waals surface area contributed by atoms with Gasteiger partial charge in [-0.1, -0.05) is 48.5 Å². The van der Waals surface area contributed by atoms with Gasteiger partial charge in [-0.3, -0.25) is 4.68 Å². The molecule has 0 bridgehead atoms. The van der Waals surface area contributed by atoms with Crippen LogP contribution in [0.25, 0.3) is 11.4 Å². The third-order valence-electron chi connectivity index (χ3n) is 2.77. The van der Waals surface area contributed by atoms with Gasteiger partial charge in [0.05, 0.1) is 10.9 Å². The molecule has 1 aromatic heterocycles. The molecule has 0 atom stereocenters. The van der Waals surface area contributed by atoms with Gasteiger partial charge in [-0.2, -0.15) is 0 Å². The van der Waals surface area contributed by atoms with E-state index in [9.17, 15) is 0 Å². The molecule has 0 fully saturated rings. The van der Waals surface area contributed by atoms with E-state index in [1.54, 1.807) is 4.68 Å². The van der Waals surface area contributed by atoms with Crippen LogP contribution in [-0.2, 0) is 0 Å². The fourth-order valence-electron chi connectivity index (χ4n) is 1.88. The smallest absolute Gasteiger partial charge is 0.153 e. The van der Waals surface area contributed by atoms with Crippen molar-refractivity contribution in [2.75, 3.05) is 0 Å². The predicted molar refractivity (Wildman–Crippen MR) is 68.7 cm³/mol. The van der Waals surface area contributed by atoms with Crippen LogP contribution in [-0.4, -0.2) is 9.90 Å². The maximum Gasteiger partial charge on any atom is 0.153 e. The molecule has 0 amide bonds. The quantitative estimate of drug-likeness (QED) is 0.493. The number of rotatable bonds is 2. The summed E-state index contributed by atoms with van der Waals surface area (Å²) in [5, 5.41) is 4.53. The molecule has 1 heterocycles. The first-order chi connectivity index (χ1) is 8.84. The van der Waals surface area contributed by atoms with Crippen molar-refractivity contribution >= 4 is 0 Å². The molecule has 3 heteroatoms. The average molecular weight is 235 g/mol. The summed E-state index contributed by atoms with van der Waals surface area (Å²) in [5.74, 6) is 0. The molecule has 3 nitrogen and oxygen atoms in total. The molecule has 0 saturated carbocycles. The van der Waals surface area contributed by atoms with Gasteiger partial charge in [0.25, 0.3) is 0 Å². The highest BCUT2D eigenvalue weighted by Crippen LogP contribution is 2.07. The van der Waals surface area contributed by atoms with Gasteiger partial charge in [0.15, 0.2) is 5.69 Å². The van der Waals surface area contributed by atoms with Crippen LogP contribution in [0.4, 0.5) is 0 Å². The summed E-state index contributed by atoms with van der Waals surface area (Å²) < 4.78 is 3.65. The third kappa shape index (κ3) is 1.91. The first-order valence-electron chi connectivity index (χ1n) is 5.87. The summed E-state index contributed by atoms with van der Waals surface area (Å²) in [5.41, 5.74) is 3.03. The maximum atomic E-state index is 4.53. The van der Waals surface area contributed by atoms with Gasteiger partial charge in [0.1, 0.15) is 0 Å². The minimum atomic E-state index is 0.977. The fraction of sp³-hybridized carbons (Fsp3) is 0.0667. The molecule has 3 rings (SSSR count). The van der Waals surface area contributed by atoms with Gasteiger partial charge >= 0.3 is 0 Å². The molecule has 3 aromatic rings. The molecule has 18 heavy (non-hydrogen) atoms. The monoisotopic (exact) mass is 235 g/mol. The van der Waals surface area contributed by atoms with Crippen LogP contribution in [0.2, 0.25) is 0 Å². The van der Waals surface area contributed by atoms with Gasteiger partial charge in [0, 0.05) is 11.9 Å². The Balaban J connectivity index is 2.07. The van der Waals surface area contributed by atoms with Crippen molar-refractivity contribution in [1.29, 1.82) is 0 Å². The second kappa shape index (κ2) is 4.45. The second-order valence-electron chi connectivity index (χ2n) is 4.08. The lowest BCUT2D eigenvalue weighted by Gasteiger charge is -2.01. The highest BCUT2D eigenvalue weighted by Gasteiger charge is 2.08. The van der Waals surface area contributed by atoms with E-state index < -0.39 is 0 Å². The van der Waals surface area contributed by atoms with E-state index in [4.69, 9.17) is 0 Å². The topological polar surface area (TPSA) is 21.7 Å². The third-order valence-corrected chi connectivity index (χ3v) is 2.77. The van der Waals surface area contributed by atoms with E-state index >= 15 is 0 Å². The normalized spacial score (nSPS) is 10.5. The fourth-order valence-corrected chi connectivity index (χ4v) is 1.88. The molecule has 0 N–H and O–H groups in total. The Morgan fingerprint density at radius 2 is 1.56 bits per heavy atom. The number of benzene rings is 2. The standard InChI is InChI=1S/C15H13N3/c1-13-12-17(14-8-4-2-5-9-14)16-18(13)15-10-6-3-7-11-15/h2-11H,1H3. The molecule has 0 aliphatic carbocycles. The van der Waals surface area contributed by atoms with Crippen molar-refractivity contribution in [2.24, 2.45) is 0 Å². The van der Waals surface area contributed by atoms with Gasteiger partial charge < -0.3 is 0 Å². The summed E-state index contributed by atoms with van der Waals surface area (Å²) in [4.78, 5) is 0. The van der Waals surface area contributed by atoms with Crippen molar-refractivity contribution in [3.63, 3.8) is 0 Å². The van der Waals surface area contributed by atoms with Gasteiger partial charge in [-0.15, -0.1) is 4.68 Å². The van der Waals surface area contributed by atoms with E-state index in [-0.39, 0.29) is 0 Å². The van der Waals surface area contributed by atoms with Crippen LogP contribution in [0, 0.1) is 13.1 Å². The van der Waals surface area contributed by atoms with E-state index in [1.807, 2.05) is 72.3 Å². The molecule has 88 valence electrons. The minimum absolute atomic E-state index is 0.977. The number of para-hydroxylation sites is 2. The Hall–Kier alpha value is -2.42. The molecular weight excluding hydrogens is 222 g/mol. The van der Waals surface area contributed by atoms with Crippen molar-refractivity contribution in [3.8, 4) is 11.4 Å². The van der Waals surface area contributed by atoms with Crippen LogP contribution < -0.4 is 4.68 Å². The Morgan fingerprint density at radius 3 is 2.22 bits per heavy atom. The first-order valence-corrected chi connectivity index (χ1v) is 5.87.